The molecular formula is C21H19N5O2. The minimum atomic E-state index is -0.971. The summed E-state index contributed by atoms with van der Waals surface area (Å²) < 4.78 is 1.64. The van der Waals surface area contributed by atoms with Gasteiger partial charge in [0.05, 0.1) is 5.56 Å². The summed E-state index contributed by atoms with van der Waals surface area (Å²) in [7, 11) is 0. The SMILES string of the molecule is Cc1cccc(-c2nc3nc(C)cc(Nc4cc(C(=O)O)ccc4C)n3n2)c1. The lowest BCUT2D eigenvalue weighted by atomic mass is 10.1. The highest BCUT2D eigenvalue weighted by molar-refractivity contribution is 5.89. The number of anilines is 2. The number of carboxylic acids is 1. The molecule has 0 atom stereocenters. The van der Waals surface area contributed by atoms with Gasteiger partial charge in [0.2, 0.25) is 0 Å². The first-order chi connectivity index (χ1) is 13.4. The second-order valence-corrected chi connectivity index (χ2v) is 6.76. The van der Waals surface area contributed by atoms with Gasteiger partial charge < -0.3 is 10.4 Å². The van der Waals surface area contributed by atoms with Crippen LogP contribution in [0, 0.1) is 20.8 Å². The van der Waals surface area contributed by atoms with Gasteiger partial charge in [-0.2, -0.15) is 9.50 Å². The number of nitrogens with one attached hydrogen (secondary N) is 1. The zero-order valence-electron chi connectivity index (χ0n) is 15.8. The topological polar surface area (TPSA) is 92.4 Å². The Bertz CT molecular complexity index is 1210. The Hall–Kier alpha value is -3.74. The number of hydrogen-bond donors (Lipinski definition) is 2. The predicted molar refractivity (Wildman–Crippen MR) is 107 cm³/mol. The van der Waals surface area contributed by atoms with Crippen LogP contribution < -0.4 is 5.32 Å². The fourth-order valence-electron chi connectivity index (χ4n) is 3.01. The minimum absolute atomic E-state index is 0.217. The molecule has 2 N–H and O–H groups in total. The molecule has 0 radical (unpaired) electrons. The van der Waals surface area contributed by atoms with E-state index in [2.05, 4.69) is 20.4 Å². The molecule has 0 saturated heterocycles. The number of rotatable bonds is 4. The lowest BCUT2D eigenvalue weighted by Gasteiger charge is -2.12. The Morgan fingerprint density at radius 3 is 2.61 bits per heavy atom. The van der Waals surface area contributed by atoms with Gasteiger partial charge in [0.15, 0.2) is 5.82 Å². The van der Waals surface area contributed by atoms with Crippen LogP contribution in [0.5, 0.6) is 0 Å². The molecule has 7 heteroatoms. The molecular weight excluding hydrogens is 354 g/mol. The van der Waals surface area contributed by atoms with E-state index in [0.717, 1.165) is 22.4 Å². The fourth-order valence-corrected chi connectivity index (χ4v) is 3.01. The monoisotopic (exact) mass is 373 g/mol. The maximum atomic E-state index is 11.3. The Morgan fingerprint density at radius 1 is 1.04 bits per heavy atom. The second kappa shape index (κ2) is 6.77. The standard InChI is InChI=1S/C21H19N5O2/c1-12-5-4-6-15(9-12)19-24-21-22-14(3)10-18(26(21)25-19)23-17-11-16(20(27)28)8-7-13(17)2/h4-11,23H,1-3H3,(H,27,28). The van der Waals surface area contributed by atoms with E-state index in [1.165, 1.54) is 0 Å². The van der Waals surface area contributed by atoms with Crippen LogP contribution in [0.2, 0.25) is 0 Å². The van der Waals surface area contributed by atoms with Gasteiger partial charge in [0.25, 0.3) is 5.78 Å². The zero-order valence-corrected chi connectivity index (χ0v) is 15.8. The van der Waals surface area contributed by atoms with Crippen LogP contribution in [0.15, 0.2) is 48.5 Å². The Morgan fingerprint density at radius 2 is 1.86 bits per heavy atom. The predicted octanol–water partition coefficient (Wildman–Crippen LogP) is 4.16. The van der Waals surface area contributed by atoms with Crippen LogP contribution in [0.1, 0.15) is 27.2 Å². The molecule has 0 fully saturated rings. The molecule has 0 aliphatic rings. The maximum absolute atomic E-state index is 11.3. The van der Waals surface area contributed by atoms with E-state index in [1.807, 2.05) is 51.1 Å². The second-order valence-electron chi connectivity index (χ2n) is 6.76. The quantitative estimate of drug-likeness (QED) is 0.558. The fraction of sp³-hybridized carbons (Fsp3) is 0.143. The largest absolute Gasteiger partial charge is 0.478 e. The highest BCUT2D eigenvalue weighted by Gasteiger charge is 2.13. The molecule has 0 aliphatic carbocycles. The molecule has 2 aromatic carbocycles. The molecule has 4 rings (SSSR count). The van der Waals surface area contributed by atoms with Gasteiger partial charge in [0.1, 0.15) is 5.82 Å². The third kappa shape index (κ3) is 3.29. The summed E-state index contributed by atoms with van der Waals surface area (Å²) in [6, 6.07) is 14.8. The number of carboxylic acid groups (broad SMARTS) is 1. The minimum Gasteiger partial charge on any atom is -0.478 e. The van der Waals surface area contributed by atoms with Gasteiger partial charge >= 0.3 is 5.97 Å². The summed E-state index contributed by atoms with van der Waals surface area (Å²) in [5.74, 6) is 0.757. The Labute approximate surface area is 161 Å². The molecule has 0 aliphatic heterocycles. The zero-order chi connectivity index (χ0) is 19.8. The molecule has 140 valence electrons. The van der Waals surface area contributed by atoms with Crippen molar-refractivity contribution in [3.05, 3.63) is 70.9 Å². The molecule has 0 saturated carbocycles. The Kier molecular flexibility index (Phi) is 4.27. The molecule has 28 heavy (non-hydrogen) atoms. The van der Waals surface area contributed by atoms with Gasteiger partial charge in [-0.25, -0.2) is 9.78 Å². The third-order valence-electron chi connectivity index (χ3n) is 4.46. The van der Waals surface area contributed by atoms with Crippen LogP contribution in [0.25, 0.3) is 17.2 Å². The number of nitrogens with zero attached hydrogens (tertiary/aromatic N) is 4. The van der Waals surface area contributed by atoms with Crippen molar-refractivity contribution in [2.45, 2.75) is 20.8 Å². The van der Waals surface area contributed by atoms with E-state index in [9.17, 15) is 9.90 Å². The highest BCUT2D eigenvalue weighted by Crippen LogP contribution is 2.24. The van der Waals surface area contributed by atoms with Crippen LogP contribution >= 0.6 is 0 Å². The van der Waals surface area contributed by atoms with E-state index in [-0.39, 0.29) is 5.56 Å². The van der Waals surface area contributed by atoms with Crippen molar-refractivity contribution < 1.29 is 9.90 Å². The summed E-state index contributed by atoms with van der Waals surface area (Å²) in [4.78, 5) is 20.3. The number of benzene rings is 2. The molecule has 0 amide bonds. The maximum Gasteiger partial charge on any atom is 0.335 e. The van der Waals surface area contributed by atoms with E-state index in [0.29, 0.717) is 23.1 Å². The number of fused-ring (bicyclic) bond motifs is 1. The van der Waals surface area contributed by atoms with E-state index in [1.54, 1.807) is 22.7 Å². The van der Waals surface area contributed by atoms with Crippen LogP contribution in [0.3, 0.4) is 0 Å². The molecule has 0 unspecified atom stereocenters. The van der Waals surface area contributed by atoms with Crippen LogP contribution in [-0.2, 0) is 0 Å². The number of hydrogen-bond acceptors (Lipinski definition) is 5. The first-order valence-corrected chi connectivity index (χ1v) is 8.83. The van der Waals surface area contributed by atoms with Gasteiger partial charge in [-0.3, -0.25) is 0 Å². The summed E-state index contributed by atoms with van der Waals surface area (Å²) in [6.45, 7) is 5.82. The Balaban J connectivity index is 1.81. The molecule has 0 bridgehead atoms. The molecule has 4 aromatic rings. The van der Waals surface area contributed by atoms with Crippen molar-refractivity contribution in [3.63, 3.8) is 0 Å². The lowest BCUT2D eigenvalue weighted by molar-refractivity contribution is 0.0697. The van der Waals surface area contributed by atoms with Crippen LogP contribution in [0.4, 0.5) is 11.5 Å². The van der Waals surface area contributed by atoms with Crippen molar-refractivity contribution >= 4 is 23.3 Å². The van der Waals surface area contributed by atoms with Gasteiger partial charge in [-0.05, 0) is 44.5 Å². The highest BCUT2D eigenvalue weighted by atomic mass is 16.4. The van der Waals surface area contributed by atoms with Gasteiger partial charge in [0, 0.05) is 23.0 Å². The third-order valence-corrected chi connectivity index (χ3v) is 4.46. The molecule has 2 heterocycles. The number of aryl methyl sites for hydroxylation is 3. The normalized spacial score (nSPS) is 11.0. The van der Waals surface area contributed by atoms with Crippen molar-refractivity contribution in [3.8, 4) is 11.4 Å². The molecule has 7 nitrogen and oxygen atoms in total. The van der Waals surface area contributed by atoms with E-state index >= 15 is 0 Å². The van der Waals surface area contributed by atoms with E-state index in [4.69, 9.17) is 0 Å². The number of aromatic nitrogens is 4. The van der Waals surface area contributed by atoms with Crippen molar-refractivity contribution in [1.82, 2.24) is 19.6 Å². The van der Waals surface area contributed by atoms with Crippen molar-refractivity contribution in [1.29, 1.82) is 0 Å². The van der Waals surface area contributed by atoms with Crippen LogP contribution in [-0.4, -0.2) is 30.7 Å². The number of carbonyl (C=O) groups is 1. The van der Waals surface area contributed by atoms with Gasteiger partial charge in [-0.15, -0.1) is 5.10 Å². The lowest BCUT2D eigenvalue weighted by Crippen LogP contribution is -2.05. The first kappa shape index (κ1) is 17.7. The first-order valence-electron chi connectivity index (χ1n) is 8.83. The summed E-state index contributed by atoms with van der Waals surface area (Å²) in [5, 5.41) is 17.2. The van der Waals surface area contributed by atoms with Gasteiger partial charge in [-0.1, -0.05) is 29.8 Å². The van der Waals surface area contributed by atoms with Crippen molar-refractivity contribution in [2.24, 2.45) is 0 Å². The van der Waals surface area contributed by atoms with E-state index < -0.39 is 5.97 Å². The summed E-state index contributed by atoms with van der Waals surface area (Å²) in [6.07, 6.45) is 0. The summed E-state index contributed by atoms with van der Waals surface area (Å²) in [5.41, 5.74) is 4.66. The molecule has 2 aromatic heterocycles. The number of aromatic carboxylic acids is 1. The smallest absolute Gasteiger partial charge is 0.335 e. The van der Waals surface area contributed by atoms with Crippen molar-refractivity contribution in [2.75, 3.05) is 5.32 Å². The molecule has 0 spiro atoms. The summed E-state index contributed by atoms with van der Waals surface area (Å²) >= 11 is 0. The average molecular weight is 373 g/mol. The average Bonchev–Trinajstić information content (AvgIpc) is 3.07.